The van der Waals surface area contributed by atoms with Gasteiger partial charge in [-0.2, -0.15) is 0 Å². The van der Waals surface area contributed by atoms with E-state index in [0.717, 1.165) is 11.1 Å². The molecule has 0 unspecified atom stereocenters. The van der Waals surface area contributed by atoms with Crippen molar-refractivity contribution in [2.45, 2.75) is 13.1 Å². The predicted octanol–water partition coefficient (Wildman–Crippen LogP) is 3.79. The van der Waals surface area contributed by atoms with Gasteiger partial charge in [-0.05, 0) is 29.3 Å². The second kappa shape index (κ2) is 6.58. The van der Waals surface area contributed by atoms with Gasteiger partial charge in [0.1, 0.15) is 5.82 Å². The molecule has 2 aromatic carbocycles. The van der Waals surface area contributed by atoms with Crippen molar-refractivity contribution in [1.82, 2.24) is 5.32 Å². The van der Waals surface area contributed by atoms with Crippen LogP contribution in [0, 0.1) is 15.9 Å². The van der Waals surface area contributed by atoms with Gasteiger partial charge in [0.05, 0.1) is 4.92 Å². The second-order valence-electron chi connectivity index (χ2n) is 4.31. The topological polar surface area (TPSA) is 55.2 Å². The predicted molar refractivity (Wildman–Crippen MR) is 77.7 cm³/mol. The van der Waals surface area contributed by atoms with Crippen molar-refractivity contribution >= 4 is 21.6 Å². The Hall–Kier alpha value is -1.79. The second-order valence-corrected chi connectivity index (χ2v) is 5.22. The molecule has 0 saturated heterocycles. The third-order valence-corrected chi connectivity index (χ3v) is 3.16. The highest BCUT2D eigenvalue weighted by Crippen LogP contribution is 2.21. The number of non-ortho nitro benzene ring substituents is 1. The number of benzene rings is 2. The quantitative estimate of drug-likeness (QED) is 0.666. The SMILES string of the molecule is O=[N+]([O-])c1cc(Br)cc(CNCc2cccc(F)c2)c1. The molecule has 0 spiro atoms. The van der Waals surface area contributed by atoms with Gasteiger partial charge in [-0.3, -0.25) is 10.1 Å². The van der Waals surface area contributed by atoms with Gasteiger partial charge in [0.25, 0.3) is 5.69 Å². The molecule has 0 amide bonds. The average Bonchev–Trinajstić information content (AvgIpc) is 2.38. The van der Waals surface area contributed by atoms with E-state index in [1.54, 1.807) is 6.07 Å². The summed E-state index contributed by atoms with van der Waals surface area (Å²) in [6.45, 7) is 0.967. The molecule has 0 aliphatic carbocycles. The van der Waals surface area contributed by atoms with Gasteiger partial charge >= 0.3 is 0 Å². The summed E-state index contributed by atoms with van der Waals surface area (Å²) < 4.78 is 13.7. The van der Waals surface area contributed by atoms with E-state index < -0.39 is 4.92 Å². The molecule has 0 atom stereocenters. The molecule has 0 fully saturated rings. The molecule has 0 saturated carbocycles. The Morgan fingerprint density at radius 3 is 2.60 bits per heavy atom. The molecule has 20 heavy (non-hydrogen) atoms. The van der Waals surface area contributed by atoms with Crippen molar-refractivity contribution in [3.63, 3.8) is 0 Å². The molecule has 0 aliphatic heterocycles. The maximum atomic E-state index is 13.0. The van der Waals surface area contributed by atoms with Crippen LogP contribution in [0.3, 0.4) is 0 Å². The van der Waals surface area contributed by atoms with Crippen LogP contribution in [0.4, 0.5) is 10.1 Å². The van der Waals surface area contributed by atoms with Crippen LogP contribution in [0.15, 0.2) is 46.9 Å². The number of halogens is 2. The highest BCUT2D eigenvalue weighted by Gasteiger charge is 2.08. The van der Waals surface area contributed by atoms with Crippen molar-refractivity contribution in [3.8, 4) is 0 Å². The largest absolute Gasteiger partial charge is 0.309 e. The Morgan fingerprint density at radius 1 is 1.15 bits per heavy atom. The summed E-state index contributed by atoms with van der Waals surface area (Å²) in [7, 11) is 0. The van der Waals surface area contributed by atoms with E-state index in [2.05, 4.69) is 21.2 Å². The maximum Gasteiger partial charge on any atom is 0.270 e. The molecule has 0 aromatic heterocycles. The van der Waals surface area contributed by atoms with Crippen molar-refractivity contribution < 1.29 is 9.31 Å². The minimum absolute atomic E-state index is 0.0435. The van der Waals surface area contributed by atoms with Crippen LogP contribution in [-0.4, -0.2) is 4.92 Å². The van der Waals surface area contributed by atoms with Crippen LogP contribution in [0.25, 0.3) is 0 Å². The lowest BCUT2D eigenvalue weighted by atomic mass is 10.2. The van der Waals surface area contributed by atoms with Crippen LogP contribution < -0.4 is 5.32 Å². The number of nitrogens with zero attached hydrogens (tertiary/aromatic N) is 1. The van der Waals surface area contributed by atoms with E-state index in [0.29, 0.717) is 17.6 Å². The van der Waals surface area contributed by atoms with Crippen LogP contribution in [-0.2, 0) is 13.1 Å². The number of hydrogen-bond acceptors (Lipinski definition) is 3. The van der Waals surface area contributed by atoms with Crippen molar-refractivity contribution in [1.29, 1.82) is 0 Å². The number of nitro benzene ring substituents is 1. The normalized spacial score (nSPS) is 10.5. The van der Waals surface area contributed by atoms with Crippen LogP contribution in [0.5, 0.6) is 0 Å². The van der Waals surface area contributed by atoms with Crippen molar-refractivity contribution in [2.24, 2.45) is 0 Å². The van der Waals surface area contributed by atoms with E-state index in [1.165, 1.54) is 24.3 Å². The molecule has 1 N–H and O–H groups in total. The van der Waals surface area contributed by atoms with E-state index in [9.17, 15) is 14.5 Å². The Labute approximate surface area is 123 Å². The minimum atomic E-state index is -0.430. The third kappa shape index (κ3) is 4.11. The molecular formula is C14H12BrFN2O2. The highest BCUT2D eigenvalue weighted by molar-refractivity contribution is 9.10. The summed E-state index contributed by atoms with van der Waals surface area (Å²) >= 11 is 3.25. The van der Waals surface area contributed by atoms with Gasteiger partial charge in [0.15, 0.2) is 0 Å². The van der Waals surface area contributed by atoms with Crippen LogP contribution in [0.1, 0.15) is 11.1 Å². The fourth-order valence-corrected chi connectivity index (χ4v) is 2.37. The summed E-state index contributed by atoms with van der Waals surface area (Å²) in [6, 6.07) is 11.1. The van der Waals surface area contributed by atoms with Gasteiger partial charge in [-0.25, -0.2) is 4.39 Å². The smallest absolute Gasteiger partial charge is 0.270 e. The zero-order chi connectivity index (χ0) is 14.5. The lowest BCUT2D eigenvalue weighted by molar-refractivity contribution is -0.385. The van der Waals surface area contributed by atoms with Crippen molar-refractivity contribution in [3.05, 3.63) is 74.0 Å². The third-order valence-electron chi connectivity index (χ3n) is 2.70. The molecule has 0 aliphatic rings. The highest BCUT2D eigenvalue weighted by atomic mass is 79.9. The Balaban J connectivity index is 1.99. The van der Waals surface area contributed by atoms with Gasteiger partial charge in [0.2, 0.25) is 0 Å². The maximum absolute atomic E-state index is 13.0. The molecule has 2 aromatic rings. The standard InChI is InChI=1S/C14H12BrFN2O2/c15-12-4-11(6-14(7-12)18(19)20)9-17-8-10-2-1-3-13(16)5-10/h1-7,17H,8-9H2. The summed E-state index contributed by atoms with van der Waals surface area (Å²) in [6.07, 6.45) is 0. The lowest BCUT2D eigenvalue weighted by Gasteiger charge is -2.06. The van der Waals surface area contributed by atoms with Gasteiger partial charge in [0, 0.05) is 29.7 Å². The van der Waals surface area contributed by atoms with Gasteiger partial charge < -0.3 is 5.32 Å². The fourth-order valence-electron chi connectivity index (χ4n) is 1.84. The van der Waals surface area contributed by atoms with E-state index in [1.807, 2.05) is 12.1 Å². The summed E-state index contributed by atoms with van der Waals surface area (Å²) in [5, 5.41) is 13.9. The van der Waals surface area contributed by atoms with Crippen LogP contribution in [0.2, 0.25) is 0 Å². The van der Waals surface area contributed by atoms with E-state index >= 15 is 0 Å². The minimum Gasteiger partial charge on any atom is -0.309 e. The summed E-state index contributed by atoms with van der Waals surface area (Å²) in [4.78, 5) is 10.3. The Bertz CT molecular complexity index is 634. The van der Waals surface area contributed by atoms with Crippen LogP contribution >= 0.6 is 15.9 Å². The molecular weight excluding hydrogens is 327 g/mol. The molecule has 0 radical (unpaired) electrons. The number of nitro groups is 1. The van der Waals surface area contributed by atoms with E-state index in [4.69, 9.17) is 0 Å². The first kappa shape index (κ1) is 14.6. The van der Waals surface area contributed by atoms with Gasteiger partial charge in [-0.1, -0.05) is 28.1 Å². The summed E-state index contributed by atoms with van der Waals surface area (Å²) in [5.41, 5.74) is 1.67. The fraction of sp³-hybridized carbons (Fsp3) is 0.143. The first-order chi connectivity index (χ1) is 9.54. The molecule has 6 heteroatoms. The molecule has 104 valence electrons. The lowest BCUT2D eigenvalue weighted by Crippen LogP contribution is -2.13. The van der Waals surface area contributed by atoms with Gasteiger partial charge in [-0.15, -0.1) is 0 Å². The molecule has 0 heterocycles. The summed E-state index contributed by atoms with van der Waals surface area (Å²) in [5.74, 6) is -0.276. The number of rotatable bonds is 5. The molecule has 0 bridgehead atoms. The van der Waals surface area contributed by atoms with Crippen molar-refractivity contribution in [2.75, 3.05) is 0 Å². The molecule has 2 rings (SSSR count). The average molecular weight is 339 g/mol. The first-order valence-corrected chi connectivity index (χ1v) is 6.73. The Morgan fingerprint density at radius 2 is 1.90 bits per heavy atom. The first-order valence-electron chi connectivity index (χ1n) is 5.93. The van der Waals surface area contributed by atoms with E-state index in [-0.39, 0.29) is 11.5 Å². The monoisotopic (exact) mass is 338 g/mol. The zero-order valence-electron chi connectivity index (χ0n) is 10.5. The molecule has 4 nitrogen and oxygen atoms in total. The Kier molecular flexibility index (Phi) is 4.81. The number of hydrogen-bond donors (Lipinski definition) is 1. The number of nitrogens with one attached hydrogen (secondary N) is 1. The zero-order valence-corrected chi connectivity index (χ0v) is 12.1.